The molecule has 0 aliphatic heterocycles. The van der Waals surface area contributed by atoms with Gasteiger partial charge < -0.3 is 5.32 Å². The molecule has 0 saturated heterocycles. The minimum absolute atomic E-state index is 0.870. The number of halogens is 1. The molecule has 0 fully saturated rings. The van der Waals surface area contributed by atoms with Gasteiger partial charge in [-0.1, -0.05) is 28.1 Å². The van der Waals surface area contributed by atoms with Crippen LogP contribution in [0.2, 0.25) is 0 Å². The quantitative estimate of drug-likeness (QED) is 0.842. The molecule has 0 aliphatic rings. The van der Waals surface area contributed by atoms with Gasteiger partial charge in [0.05, 0.1) is 0 Å². The van der Waals surface area contributed by atoms with Crippen molar-refractivity contribution in [2.45, 2.75) is 27.3 Å². The van der Waals surface area contributed by atoms with Crippen LogP contribution in [0.4, 0.5) is 5.69 Å². The van der Waals surface area contributed by atoms with Crippen LogP contribution in [0, 0.1) is 20.8 Å². The molecule has 0 bridgehead atoms. The normalized spacial score (nSPS) is 10.4. The van der Waals surface area contributed by atoms with Crippen LogP contribution < -0.4 is 5.32 Å². The fourth-order valence-electron chi connectivity index (χ4n) is 1.98. The van der Waals surface area contributed by atoms with Crippen LogP contribution in [-0.2, 0) is 6.54 Å². The van der Waals surface area contributed by atoms with Gasteiger partial charge in [-0.15, -0.1) is 0 Å². The van der Waals surface area contributed by atoms with Crippen LogP contribution in [0.3, 0.4) is 0 Å². The fourth-order valence-corrected chi connectivity index (χ4v) is 2.24. The van der Waals surface area contributed by atoms with Gasteiger partial charge in [-0.05, 0) is 67.3 Å². The summed E-state index contributed by atoms with van der Waals surface area (Å²) in [6.45, 7) is 7.37. The van der Waals surface area contributed by atoms with Crippen molar-refractivity contribution in [3.63, 3.8) is 0 Å². The zero-order valence-corrected chi connectivity index (χ0v) is 12.6. The molecule has 2 aromatic rings. The summed E-state index contributed by atoms with van der Waals surface area (Å²) in [6.07, 6.45) is 0. The van der Waals surface area contributed by atoms with Crippen molar-refractivity contribution in [1.29, 1.82) is 0 Å². The Labute approximate surface area is 117 Å². The highest BCUT2D eigenvalue weighted by Crippen LogP contribution is 2.18. The second-order valence-electron chi connectivity index (χ2n) is 4.72. The Morgan fingerprint density at radius 3 is 2.17 bits per heavy atom. The minimum atomic E-state index is 0.870. The number of aryl methyl sites for hydroxylation is 3. The lowest BCUT2D eigenvalue weighted by Crippen LogP contribution is -2.02. The van der Waals surface area contributed by atoms with Crippen molar-refractivity contribution in [2.24, 2.45) is 0 Å². The maximum absolute atomic E-state index is 3.45. The van der Waals surface area contributed by atoms with Gasteiger partial charge in [0, 0.05) is 16.7 Å². The maximum atomic E-state index is 3.45. The molecule has 0 atom stereocenters. The molecule has 2 rings (SSSR count). The van der Waals surface area contributed by atoms with Gasteiger partial charge in [0.2, 0.25) is 0 Å². The molecule has 18 heavy (non-hydrogen) atoms. The average molecular weight is 304 g/mol. The molecule has 1 N–H and O–H groups in total. The standard InChI is InChI=1S/C16H18BrN/c1-11-8-13(3)14(9-12(11)2)10-18-16-6-4-15(17)5-7-16/h4-9,18H,10H2,1-3H3. The molecule has 0 heterocycles. The highest BCUT2D eigenvalue weighted by Gasteiger charge is 2.02. The lowest BCUT2D eigenvalue weighted by molar-refractivity contribution is 1.10. The number of anilines is 1. The topological polar surface area (TPSA) is 12.0 Å². The van der Waals surface area contributed by atoms with Crippen LogP contribution in [-0.4, -0.2) is 0 Å². The molecule has 0 spiro atoms. The van der Waals surface area contributed by atoms with Gasteiger partial charge in [-0.2, -0.15) is 0 Å². The van der Waals surface area contributed by atoms with E-state index in [-0.39, 0.29) is 0 Å². The first-order chi connectivity index (χ1) is 8.56. The van der Waals surface area contributed by atoms with Crippen molar-refractivity contribution < 1.29 is 0 Å². The van der Waals surface area contributed by atoms with E-state index in [1.807, 2.05) is 0 Å². The predicted octanol–water partition coefficient (Wildman–Crippen LogP) is 4.99. The molecule has 1 nitrogen and oxygen atoms in total. The van der Waals surface area contributed by atoms with E-state index in [1.165, 1.54) is 22.3 Å². The Morgan fingerprint density at radius 1 is 0.889 bits per heavy atom. The van der Waals surface area contributed by atoms with E-state index < -0.39 is 0 Å². The number of nitrogens with one attached hydrogen (secondary N) is 1. The highest BCUT2D eigenvalue weighted by atomic mass is 79.9. The first kappa shape index (κ1) is 13.2. The van der Waals surface area contributed by atoms with Gasteiger partial charge in [-0.25, -0.2) is 0 Å². The van der Waals surface area contributed by atoms with Crippen molar-refractivity contribution in [3.8, 4) is 0 Å². The fraction of sp³-hybridized carbons (Fsp3) is 0.250. The van der Waals surface area contributed by atoms with Gasteiger partial charge in [0.25, 0.3) is 0 Å². The highest BCUT2D eigenvalue weighted by molar-refractivity contribution is 9.10. The maximum Gasteiger partial charge on any atom is 0.0403 e. The van der Waals surface area contributed by atoms with Crippen LogP contribution in [0.5, 0.6) is 0 Å². The average Bonchev–Trinajstić information content (AvgIpc) is 2.34. The van der Waals surface area contributed by atoms with E-state index in [4.69, 9.17) is 0 Å². The Morgan fingerprint density at radius 2 is 1.50 bits per heavy atom. The van der Waals surface area contributed by atoms with Gasteiger partial charge >= 0.3 is 0 Å². The van der Waals surface area contributed by atoms with Crippen LogP contribution in [0.1, 0.15) is 22.3 Å². The Bertz CT molecular complexity index is 544. The first-order valence-corrected chi connectivity index (χ1v) is 6.92. The summed E-state index contributed by atoms with van der Waals surface area (Å²) in [5.74, 6) is 0. The number of hydrogen-bond donors (Lipinski definition) is 1. The van der Waals surface area contributed by atoms with Crippen LogP contribution in [0.15, 0.2) is 40.9 Å². The largest absolute Gasteiger partial charge is 0.381 e. The van der Waals surface area contributed by atoms with E-state index in [9.17, 15) is 0 Å². The van der Waals surface area contributed by atoms with E-state index in [1.54, 1.807) is 0 Å². The van der Waals surface area contributed by atoms with Crippen molar-refractivity contribution >= 4 is 21.6 Å². The summed E-state index contributed by atoms with van der Waals surface area (Å²) in [7, 11) is 0. The molecule has 0 aliphatic carbocycles. The molecule has 0 saturated carbocycles. The molecular weight excluding hydrogens is 286 g/mol. The van der Waals surface area contributed by atoms with Gasteiger partial charge in [0.1, 0.15) is 0 Å². The van der Waals surface area contributed by atoms with Gasteiger partial charge in [0.15, 0.2) is 0 Å². The smallest absolute Gasteiger partial charge is 0.0403 e. The minimum Gasteiger partial charge on any atom is -0.381 e. The van der Waals surface area contributed by atoms with Crippen molar-refractivity contribution in [3.05, 3.63) is 63.1 Å². The molecule has 0 radical (unpaired) electrons. The summed E-state index contributed by atoms with van der Waals surface area (Å²) in [6, 6.07) is 12.8. The number of hydrogen-bond acceptors (Lipinski definition) is 1. The predicted molar refractivity (Wildman–Crippen MR) is 82.1 cm³/mol. The van der Waals surface area contributed by atoms with Crippen LogP contribution >= 0.6 is 15.9 Å². The van der Waals surface area contributed by atoms with Gasteiger partial charge in [-0.3, -0.25) is 0 Å². The summed E-state index contributed by atoms with van der Waals surface area (Å²) in [5.41, 5.74) is 6.58. The Balaban J connectivity index is 2.10. The summed E-state index contributed by atoms with van der Waals surface area (Å²) in [5, 5.41) is 3.45. The first-order valence-electron chi connectivity index (χ1n) is 6.12. The summed E-state index contributed by atoms with van der Waals surface area (Å²) in [4.78, 5) is 0. The molecule has 2 aromatic carbocycles. The second kappa shape index (κ2) is 5.57. The third kappa shape index (κ3) is 3.14. The summed E-state index contributed by atoms with van der Waals surface area (Å²) < 4.78 is 1.11. The summed E-state index contributed by atoms with van der Waals surface area (Å²) >= 11 is 3.44. The Kier molecular flexibility index (Phi) is 4.07. The molecular formula is C16H18BrN. The third-order valence-corrected chi connectivity index (χ3v) is 3.81. The Hall–Kier alpha value is -1.28. The van der Waals surface area contributed by atoms with E-state index >= 15 is 0 Å². The lowest BCUT2D eigenvalue weighted by atomic mass is 10.0. The SMILES string of the molecule is Cc1cc(C)c(CNc2ccc(Br)cc2)cc1C. The number of rotatable bonds is 3. The zero-order chi connectivity index (χ0) is 13.1. The molecule has 0 aromatic heterocycles. The lowest BCUT2D eigenvalue weighted by Gasteiger charge is -2.12. The molecule has 94 valence electrons. The van der Waals surface area contributed by atoms with E-state index in [0.717, 1.165) is 16.7 Å². The van der Waals surface area contributed by atoms with Crippen molar-refractivity contribution in [1.82, 2.24) is 0 Å². The third-order valence-electron chi connectivity index (χ3n) is 3.28. The van der Waals surface area contributed by atoms with E-state index in [2.05, 4.69) is 78.4 Å². The molecule has 0 amide bonds. The molecule has 2 heteroatoms. The van der Waals surface area contributed by atoms with Crippen molar-refractivity contribution in [2.75, 3.05) is 5.32 Å². The van der Waals surface area contributed by atoms with Crippen LogP contribution in [0.25, 0.3) is 0 Å². The monoisotopic (exact) mass is 303 g/mol. The number of benzene rings is 2. The van der Waals surface area contributed by atoms with E-state index in [0.29, 0.717) is 0 Å². The molecule has 0 unspecified atom stereocenters. The zero-order valence-electron chi connectivity index (χ0n) is 11.0. The second-order valence-corrected chi connectivity index (χ2v) is 5.64.